The molecule has 0 spiro atoms. The van der Waals surface area contributed by atoms with Crippen molar-refractivity contribution >= 4 is 41.0 Å². The van der Waals surface area contributed by atoms with Crippen LogP contribution in [0.2, 0.25) is 5.02 Å². The fourth-order valence-electron chi connectivity index (χ4n) is 1.84. The number of halogens is 1. The predicted molar refractivity (Wildman–Crippen MR) is 95.5 cm³/mol. The molecule has 0 heterocycles. The summed E-state index contributed by atoms with van der Waals surface area (Å²) in [5.41, 5.74) is 2.42. The van der Waals surface area contributed by atoms with Gasteiger partial charge in [-0.25, -0.2) is 5.43 Å². The lowest BCUT2D eigenvalue weighted by Gasteiger charge is -2.05. The van der Waals surface area contributed by atoms with Gasteiger partial charge in [0.15, 0.2) is 0 Å². The SMILES string of the molecule is COc1cccc(NC(=O)C(=O)N/N=C/c2cc([N+](=O)[O-])ccc2Cl)c1. The van der Waals surface area contributed by atoms with E-state index in [-0.39, 0.29) is 16.3 Å². The van der Waals surface area contributed by atoms with Crippen LogP contribution in [0.3, 0.4) is 0 Å². The van der Waals surface area contributed by atoms with Crippen molar-refractivity contribution in [2.24, 2.45) is 5.10 Å². The molecule has 0 radical (unpaired) electrons. The van der Waals surface area contributed by atoms with Crippen LogP contribution in [0.1, 0.15) is 5.56 Å². The summed E-state index contributed by atoms with van der Waals surface area (Å²) in [6, 6.07) is 10.2. The van der Waals surface area contributed by atoms with Crippen molar-refractivity contribution in [2.75, 3.05) is 12.4 Å². The number of nitrogens with one attached hydrogen (secondary N) is 2. The molecule has 0 aliphatic carbocycles. The van der Waals surface area contributed by atoms with Crippen LogP contribution in [0.4, 0.5) is 11.4 Å². The largest absolute Gasteiger partial charge is 0.497 e. The Kier molecular flexibility index (Phi) is 6.23. The first kappa shape index (κ1) is 18.9. The average Bonchev–Trinajstić information content (AvgIpc) is 2.63. The quantitative estimate of drug-likeness (QED) is 0.359. The monoisotopic (exact) mass is 376 g/mol. The maximum absolute atomic E-state index is 11.8. The number of amides is 2. The van der Waals surface area contributed by atoms with Gasteiger partial charge in [-0.15, -0.1) is 0 Å². The van der Waals surface area contributed by atoms with Crippen LogP contribution in [-0.2, 0) is 9.59 Å². The highest BCUT2D eigenvalue weighted by Crippen LogP contribution is 2.20. The number of rotatable bonds is 5. The number of anilines is 1. The molecule has 0 unspecified atom stereocenters. The average molecular weight is 377 g/mol. The van der Waals surface area contributed by atoms with Gasteiger partial charge in [-0.3, -0.25) is 19.7 Å². The van der Waals surface area contributed by atoms with Gasteiger partial charge in [-0.05, 0) is 18.2 Å². The summed E-state index contributed by atoms with van der Waals surface area (Å²) < 4.78 is 5.01. The van der Waals surface area contributed by atoms with Gasteiger partial charge in [0.05, 0.1) is 18.2 Å². The minimum absolute atomic E-state index is 0.182. The summed E-state index contributed by atoms with van der Waals surface area (Å²) in [5, 5.41) is 16.9. The Morgan fingerprint density at radius 1 is 1.23 bits per heavy atom. The van der Waals surface area contributed by atoms with Crippen LogP contribution in [-0.4, -0.2) is 30.1 Å². The summed E-state index contributed by atoms with van der Waals surface area (Å²) in [4.78, 5) is 33.7. The van der Waals surface area contributed by atoms with E-state index in [9.17, 15) is 19.7 Å². The molecule has 0 bridgehead atoms. The second-order valence-electron chi connectivity index (χ2n) is 4.85. The van der Waals surface area contributed by atoms with Crippen LogP contribution in [0.25, 0.3) is 0 Å². The Bertz CT molecular complexity index is 885. The molecular weight excluding hydrogens is 364 g/mol. The lowest BCUT2D eigenvalue weighted by molar-refractivity contribution is -0.384. The first-order valence-electron chi connectivity index (χ1n) is 7.13. The number of nitrogens with zero attached hydrogens (tertiary/aromatic N) is 2. The predicted octanol–water partition coefficient (Wildman–Crippen LogP) is 2.35. The number of carbonyl (C=O) groups excluding carboxylic acids is 2. The topological polar surface area (TPSA) is 123 Å². The molecule has 0 atom stereocenters. The summed E-state index contributed by atoms with van der Waals surface area (Å²) in [6.45, 7) is 0. The third-order valence-electron chi connectivity index (χ3n) is 3.09. The van der Waals surface area contributed by atoms with Crippen molar-refractivity contribution in [1.82, 2.24) is 5.43 Å². The highest BCUT2D eigenvalue weighted by molar-refractivity contribution is 6.39. The third kappa shape index (κ3) is 5.02. The highest BCUT2D eigenvalue weighted by Gasteiger charge is 2.13. The van der Waals surface area contributed by atoms with E-state index < -0.39 is 16.7 Å². The number of methoxy groups -OCH3 is 1. The molecule has 26 heavy (non-hydrogen) atoms. The lowest BCUT2D eigenvalue weighted by Crippen LogP contribution is -2.32. The number of nitro groups is 1. The number of hydrogen-bond acceptors (Lipinski definition) is 6. The Morgan fingerprint density at radius 2 is 2.00 bits per heavy atom. The van der Waals surface area contributed by atoms with E-state index >= 15 is 0 Å². The first-order chi connectivity index (χ1) is 12.4. The molecule has 2 N–H and O–H groups in total. The molecule has 0 fully saturated rings. The summed E-state index contributed by atoms with van der Waals surface area (Å²) in [6.07, 6.45) is 1.10. The van der Waals surface area contributed by atoms with Crippen molar-refractivity contribution in [2.45, 2.75) is 0 Å². The molecule has 0 saturated heterocycles. The zero-order valence-electron chi connectivity index (χ0n) is 13.4. The number of hydrogen-bond donors (Lipinski definition) is 2. The molecule has 10 heteroatoms. The Labute approximate surface area is 152 Å². The van der Waals surface area contributed by atoms with Gasteiger partial charge in [-0.1, -0.05) is 17.7 Å². The van der Waals surface area contributed by atoms with E-state index in [1.807, 2.05) is 5.43 Å². The number of nitro benzene ring substituents is 1. The van der Waals surface area contributed by atoms with Crippen LogP contribution in [0, 0.1) is 10.1 Å². The maximum atomic E-state index is 11.8. The van der Waals surface area contributed by atoms with Crippen molar-refractivity contribution < 1.29 is 19.2 Å². The van der Waals surface area contributed by atoms with Gasteiger partial charge < -0.3 is 10.1 Å². The fraction of sp³-hybridized carbons (Fsp3) is 0.0625. The Morgan fingerprint density at radius 3 is 2.69 bits per heavy atom. The van der Waals surface area contributed by atoms with Gasteiger partial charge >= 0.3 is 11.8 Å². The molecule has 0 aliphatic rings. The van der Waals surface area contributed by atoms with Crippen molar-refractivity contribution in [1.29, 1.82) is 0 Å². The summed E-state index contributed by atoms with van der Waals surface area (Å²) in [5.74, 6) is -1.45. The molecule has 2 aromatic rings. The van der Waals surface area contributed by atoms with E-state index in [2.05, 4.69) is 10.4 Å². The van der Waals surface area contributed by atoms with Gasteiger partial charge in [0, 0.05) is 34.5 Å². The van der Waals surface area contributed by atoms with Crippen LogP contribution in [0.5, 0.6) is 5.75 Å². The van der Waals surface area contributed by atoms with Gasteiger partial charge in [0.25, 0.3) is 5.69 Å². The van der Waals surface area contributed by atoms with E-state index in [1.165, 1.54) is 31.4 Å². The van der Waals surface area contributed by atoms with E-state index in [0.717, 1.165) is 6.21 Å². The van der Waals surface area contributed by atoms with E-state index in [0.29, 0.717) is 11.4 Å². The Balaban J connectivity index is 1.99. The van der Waals surface area contributed by atoms with Gasteiger partial charge in [0.2, 0.25) is 0 Å². The second-order valence-corrected chi connectivity index (χ2v) is 5.26. The number of benzene rings is 2. The molecule has 0 aromatic heterocycles. The van der Waals surface area contributed by atoms with Crippen LogP contribution in [0.15, 0.2) is 47.6 Å². The van der Waals surface area contributed by atoms with Crippen molar-refractivity contribution in [3.63, 3.8) is 0 Å². The zero-order valence-corrected chi connectivity index (χ0v) is 14.2. The normalized spacial score (nSPS) is 10.4. The molecule has 2 amide bonds. The van der Waals surface area contributed by atoms with Crippen molar-refractivity contribution in [3.05, 3.63) is 63.2 Å². The number of hydrazone groups is 1. The van der Waals surface area contributed by atoms with Crippen molar-refractivity contribution in [3.8, 4) is 5.75 Å². The van der Waals surface area contributed by atoms with Gasteiger partial charge in [-0.2, -0.15) is 5.10 Å². The molecule has 2 aromatic carbocycles. The fourth-order valence-corrected chi connectivity index (χ4v) is 2.01. The standard InChI is InChI=1S/C16H13ClN4O5/c1-26-13-4-2-3-11(8-13)19-15(22)16(23)20-18-9-10-7-12(21(24)25)5-6-14(10)17/h2-9H,1H3,(H,19,22)(H,20,23)/b18-9+. The van der Waals surface area contributed by atoms with Gasteiger partial charge in [0.1, 0.15) is 5.75 Å². The minimum atomic E-state index is -1.02. The molecular formula is C16H13ClN4O5. The highest BCUT2D eigenvalue weighted by atomic mass is 35.5. The van der Waals surface area contributed by atoms with Crippen LogP contribution >= 0.6 is 11.6 Å². The molecule has 9 nitrogen and oxygen atoms in total. The van der Waals surface area contributed by atoms with E-state index in [4.69, 9.17) is 16.3 Å². The third-order valence-corrected chi connectivity index (χ3v) is 3.44. The first-order valence-corrected chi connectivity index (χ1v) is 7.51. The minimum Gasteiger partial charge on any atom is -0.497 e. The molecule has 0 saturated carbocycles. The number of carbonyl (C=O) groups is 2. The summed E-state index contributed by atoms with van der Waals surface area (Å²) in [7, 11) is 1.47. The molecule has 134 valence electrons. The maximum Gasteiger partial charge on any atom is 0.329 e. The zero-order chi connectivity index (χ0) is 19.1. The molecule has 2 rings (SSSR count). The Hall–Kier alpha value is -3.46. The molecule has 0 aliphatic heterocycles. The second kappa shape index (κ2) is 8.58. The number of ether oxygens (including phenoxy) is 1. The smallest absolute Gasteiger partial charge is 0.329 e. The van der Waals surface area contributed by atoms with Crippen LogP contribution < -0.4 is 15.5 Å². The van der Waals surface area contributed by atoms with E-state index in [1.54, 1.807) is 18.2 Å². The summed E-state index contributed by atoms with van der Waals surface area (Å²) >= 11 is 5.90. The lowest BCUT2D eigenvalue weighted by atomic mass is 10.2. The number of non-ortho nitro benzene ring substituents is 1.